The molecule has 27 heavy (non-hydrogen) atoms. The van der Waals surface area contributed by atoms with Crippen molar-refractivity contribution in [1.82, 2.24) is 29.5 Å². The summed E-state index contributed by atoms with van der Waals surface area (Å²) in [7, 11) is 1.91. The van der Waals surface area contributed by atoms with E-state index in [0.29, 0.717) is 10.5 Å². The standard InChI is InChI=1S/C19H18N6S2/c1-24-17(21-22-18(24)26)13-27-19-23-20-16(12-14-8-4-2-5-9-14)25(19)15-10-6-3-7-11-15/h2-11H,12-13H2,1H3,(H,22,26). The fourth-order valence-corrected chi connectivity index (χ4v) is 3.87. The molecule has 1 N–H and O–H groups in total. The molecule has 2 aromatic carbocycles. The number of H-pyrrole nitrogens is 1. The van der Waals surface area contributed by atoms with Crippen molar-refractivity contribution in [3.8, 4) is 5.69 Å². The number of nitrogens with zero attached hydrogens (tertiary/aromatic N) is 5. The Morgan fingerprint density at radius 2 is 1.67 bits per heavy atom. The number of aromatic amines is 1. The Morgan fingerprint density at radius 3 is 2.33 bits per heavy atom. The topological polar surface area (TPSA) is 64.3 Å². The highest BCUT2D eigenvalue weighted by molar-refractivity contribution is 7.98. The van der Waals surface area contributed by atoms with Crippen LogP contribution in [0.5, 0.6) is 0 Å². The van der Waals surface area contributed by atoms with Crippen molar-refractivity contribution in [2.45, 2.75) is 17.3 Å². The SMILES string of the molecule is Cn1c(CSc2nnc(Cc3ccccc3)n2-c2ccccc2)n[nH]c1=S. The number of hydrogen-bond donors (Lipinski definition) is 1. The zero-order chi connectivity index (χ0) is 18.6. The second kappa shape index (κ2) is 7.89. The number of aromatic nitrogens is 6. The minimum atomic E-state index is 0.611. The molecule has 0 unspecified atom stereocenters. The highest BCUT2D eigenvalue weighted by Gasteiger charge is 2.16. The summed E-state index contributed by atoms with van der Waals surface area (Å²) in [6, 6.07) is 20.5. The second-order valence-electron chi connectivity index (χ2n) is 6.02. The molecule has 6 nitrogen and oxygen atoms in total. The van der Waals surface area contributed by atoms with Gasteiger partial charge < -0.3 is 4.57 Å². The van der Waals surface area contributed by atoms with Crippen LogP contribution in [-0.2, 0) is 19.2 Å². The molecule has 0 aliphatic rings. The first-order valence-corrected chi connectivity index (χ1v) is 9.88. The largest absolute Gasteiger partial charge is 0.307 e. The molecule has 8 heteroatoms. The molecule has 4 aromatic rings. The van der Waals surface area contributed by atoms with Crippen LogP contribution in [0.3, 0.4) is 0 Å². The molecular formula is C19H18N6S2. The van der Waals surface area contributed by atoms with E-state index in [1.54, 1.807) is 11.8 Å². The van der Waals surface area contributed by atoms with E-state index in [1.165, 1.54) is 5.56 Å². The predicted octanol–water partition coefficient (Wildman–Crippen LogP) is 3.94. The molecule has 0 saturated heterocycles. The van der Waals surface area contributed by atoms with Crippen molar-refractivity contribution in [2.24, 2.45) is 7.05 Å². The van der Waals surface area contributed by atoms with Gasteiger partial charge in [-0.25, -0.2) is 0 Å². The van der Waals surface area contributed by atoms with Crippen LogP contribution in [0.1, 0.15) is 17.2 Å². The Kier molecular flexibility index (Phi) is 5.17. The van der Waals surface area contributed by atoms with Gasteiger partial charge in [-0.15, -0.1) is 10.2 Å². The van der Waals surface area contributed by atoms with E-state index >= 15 is 0 Å². The van der Waals surface area contributed by atoms with Crippen molar-refractivity contribution in [3.63, 3.8) is 0 Å². The molecule has 2 aromatic heterocycles. The number of hydrogen-bond acceptors (Lipinski definition) is 5. The van der Waals surface area contributed by atoms with Crippen LogP contribution in [0.25, 0.3) is 5.69 Å². The molecule has 0 aliphatic heterocycles. The maximum Gasteiger partial charge on any atom is 0.196 e. The number of thioether (sulfide) groups is 1. The lowest BCUT2D eigenvalue weighted by atomic mass is 10.1. The third-order valence-electron chi connectivity index (χ3n) is 4.22. The molecule has 0 atom stereocenters. The van der Waals surface area contributed by atoms with E-state index in [2.05, 4.69) is 49.2 Å². The minimum Gasteiger partial charge on any atom is -0.307 e. The molecule has 136 valence electrons. The molecule has 2 heterocycles. The first-order valence-electron chi connectivity index (χ1n) is 8.49. The lowest BCUT2D eigenvalue weighted by Gasteiger charge is -2.10. The van der Waals surface area contributed by atoms with E-state index in [-0.39, 0.29) is 0 Å². The number of nitrogens with one attached hydrogen (secondary N) is 1. The Hall–Kier alpha value is -2.71. The van der Waals surface area contributed by atoms with Gasteiger partial charge in [0.25, 0.3) is 0 Å². The average molecular weight is 395 g/mol. The van der Waals surface area contributed by atoms with Crippen LogP contribution in [0.4, 0.5) is 0 Å². The fourth-order valence-electron chi connectivity index (χ4n) is 2.76. The maximum absolute atomic E-state index is 5.19. The molecule has 4 rings (SSSR count). The highest BCUT2D eigenvalue weighted by Crippen LogP contribution is 2.25. The van der Waals surface area contributed by atoms with E-state index < -0.39 is 0 Å². The van der Waals surface area contributed by atoms with Crippen LogP contribution >= 0.6 is 24.0 Å². The summed E-state index contributed by atoms with van der Waals surface area (Å²) in [5, 5.41) is 16.8. The Morgan fingerprint density at radius 1 is 0.963 bits per heavy atom. The zero-order valence-electron chi connectivity index (χ0n) is 14.7. The van der Waals surface area contributed by atoms with Gasteiger partial charge in [-0.1, -0.05) is 60.3 Å². The summed E-state index contributed by atoms with van der Waals surface area (Å²) < 4.78 is 4.59. The summed E-state index contributed by atoms with van der Waals surface area (Å²) in [4.78, 5) is 0. The molecule has 0 spiro atoms. The molecule has 0 aliphatic carbocycles. The van der Waals surface area contributed by atoms with Crippen LogP contribution in [0.2, 0.25) is 0 Å². The average Bonchev–Trinajstić information content (AvgIpc) is 3.25. The van der Waals surface area contributed by atoms with Gasteiger partial charge in [0.1, 0.15) is 11.6 Å². The lowest BCUT2D eigenvalue weighted by molar-refractivity contribution is 0.827. The minimum absolute atomic E-state index is 0.611. The van der Waals surface area contributed by atoms with Crippen LogP contribution in [0.15, 0.2) is 65.8 Å². The molecule has 0 radical (unpaired) electrons. The van der Waals surface area contributed by atoms with Crippen molar-refractivity contribution < 1.29 is 0 Å². The van der Waals surface area contributed by atoms with Gasteiger partial charge in [-0.2, -0.15) is 5.10 Å². The van der Waals surface area contributed by atoms with Crippen LogP contribution in [0, 0.1) is 4.77 Å². The Bertz CT molecular complexity index is 1080. The van der Waals surface area contributed by atoms with Gasteiger partial charge in [-0.05, 0) is 29.9 Å². The van der Waals surface area contributed by atoms with Gasteiger partial charge in [0, 0.05) is 19.2 Å². The zero-order valence-corrected chi connectivity index (χ0v) is 16.4. The normalized spacial score (nSPS) is 11.0. The van der Waals surface area contributed by atoms with Crippen molar-refractivity contribution in [2.75, 3.05) is 0 Å². The van der Waals surface area contributed by atoms with Crippen molar-refractivity contribution in [1.29, 1.82) is 0 Å². The van der Waals surface area contributed by atoms with E-state index in [4.69, 9.17) is 12.2 Å². The molecule has 0 amide bonds. The van der Waals surface area contributed by atoms with Gasteiger partial charge in [-0.3, -0.25) is 9.67 Å². The summed E-state index contributed by atoms with van der Waals surface area (Å²) in [5.74, 6) is 2.43. The molecule has 0 saturated carbocycles. The van der Waals surface area contributed by atoms with Gasteiger partial charge in [0.15, 0.2) is 9.93 Å². The smallest absolute Gasteiger partial charge is 0.196 e. The molecule has 0 fully saturated rings. The monoisotopic (exact) mass is 394 g/mol. The van der Waals surface area contributed by atoms with E-state index in [0.717, 1.165) is 28.9 Å². The fraction of sp³-hybridized carbons (Fsp3) is 0.158. The lowest BCUT2D eigenvalue weighted by Crippen LogP contribution is -2.04. The van der Waals surface area contributed by atoms with Gasteiger partial charge in [0.2, 0.25) is 0 Å². The number of para-hydroxylation sites is 1. The first kappa shape index (κ1) is 17.7. The number of benzene rings is 2. The second-order valence-corrected chi connectivity index (χ2v) is 7.35. The van der Waals surface area contributed by atoms with Crippen LogP contribution in [-0.4, -0.2) is 29.5 Å². The summed E-state index contributed by atoms with van der Waals surface area (Å²) in [6.45, 7) is 0. The van der Waals surface area contributed by atoms with Crippen LogP contribution < -0.4 is 0 Å². The summed E-state index contributed by atoms with van der Waals surface area (Å²) >= 11 is 6.78. The summed E-state index contributed by atoms with van der Waals surface area (Å²) in [6.07, 6.45) is 0.718. The van der Waals surface area contributed by atoms with Gasteiger partial charge >= 0.3 is 0 Å². The van der Waals surface area contributed by atoms with E-state index in [9.17, 15) is 0 Å². The Balaban J connectivity index is 1.67. The highest BCUT2D eigenvalue weighted by atomic mass is 32.2. The third-order valence-corrected chi connectivity index (χ3v) is 5.51. The van der Waals surface area contributed by atoms with Crippen molar-refractivity contribution in [3.05, 3.63) is 82.6 Å². The third kappa shape index (κ3) is 3.86. The number of rotatable bonds is 6. The maximum atomic E-state index is 5.19. The Labute approximate surface area is 166 Å². The van der Waals surface area contributed by atoms with Gasteiger partial charge in [0.05, 0.1) is 5.75 Å². The molecule has 0 bridgehead atoms. The molecular weight excluding hydrogens is 376 g/mol. The first-order chi connectivity index (χ1) is 13.2. The predicted molar refractivity (Wildman–Crippen MR) is 109 cm³/mol. The van der Waals surface area contributed by atoms with E-state index in [1.807, 2.05) is 48.0 Å². The quantitative estimate of drug-likeness (QED) is 0.396. The summed E-state index contributed by atoms with van der Waals surface area (Å²) in [5.41, 5.74) is 2.25. The van der Waals surface area contributed by atoms with Crippen molar-refractivity contribution >= 4 is 24.0 Å².